The number of guanidine groups is 1. The molecule has 0 aliphatic carbocycles. The molecule has 3 heterocycles. The van der Waals surface area contributed by atoms with Crippen molar-refractivity contribution in [1.29, 1.82) is 0 Å². The predicted molar refractivity (Wildman–Crippen MR) is 108 cm³/mol. The average Bonchev–Trinajstić information content (AvgIpc) is 2.92. The Morgan fingerprint density at radius 3 is 2.67 bits per heavy atom. The van der Waals surface area contributed by atoms with Crippen LogP contribution < -0.4 is 10.2 Å². The van der Waals surface area contributed by atoms with Gasteiger partial charge in [-0.1, -0.05) is 12.8 Å². The largest absolute Gasteiger partial charge is 0.357 e. The summed E-state index contributed by atoms with van der Waals surface area (Å²) in [4.78, 5) is 17.7. The van der Waals surface area contributed by atoms with Gasteiger partial charge in [-0.3, -0.25) is 9.67 Å². The monoisotopic (exact) mass is 370 g/mol. The Labute approximate surface area is 161 Å². The molecule has 0 atom stereocenters. The van der Waals surface area contributed by atoms with Crippen LogP contribution in [0.5, 0.6) is 0 Å². The van der Waals surface area contributed by atoms with Gasteiger partial charge in [-0.15, -0.1) is 0 Å². The number of aromatic nitrogens is 4. The lowest BCUT2D eigenvalue weighted by atomic mass is 10.2. The fourth-order valence-corrected chi connectivity index (χ4v) is 3.36. The van der Waals surface area contributed by atoms with Crippen LogP contribution in [-0.2, 0) is 20.1 Å². The summed E-state index contributed by atoms with van der Waals surface area (Å²) in [6.45, 7) is 3.56. The molecule has 8 heteroatoms. The van der Waals surface area contributed by atoms with Gasteiger partial charge in [-0.05, 0) is 30.5 Å². The van der Waals surface area contributed by atoms with Crippen LogP contribution in [0.1, 0.15) is 37.1 Å². The van der Waals surface area contributed by atoms with Crippen molar-refractivity contribution >= 4 is 11.8 Å². The minimum absolute atomic E-state index is 0.644. The molecule has 0 unspecified atom stereocenters. The molecule has 0 saturated carbocycles. The Morgan fingerprint density at radius 1 is 1.22 bits per heavy atom. The summed E-state index contributed by atoms with van der Waals surface area (Å²) in [5.74, 6) is 2.80. The number of aliphatic imine (C=N–C) groups is 1. The summed E-state index contributed by atoms with van der Waals surface area (Å²) in [5.41, 5.74) is 1.21. The van der Waals surface area contributed by atoms with Crippen LogP contribution >= 0.6 is 0 Å². The van der Waals surface area contributed by atoms with Crippen molar-refractivity contribution < 1.29 is 0 Å². The molecule has 0 radical (unpaired) electrons. The summed E-state index contributed by atoms with van der Waals surface area (Å²) >= 11 is 0. The minimum Gasteiger partial charge on any atom is -0.357 e. The Balaban J connectivity index is 1.59. The van der Waals surface area contributed by atoms with Crippen LogP contribution in [0.4, 0.5) is 5.82 Å². The summed E-state index contributed by atoms with van der Waals surface area (Å²) in [6, 6.07) is 4.25. The van der Waals surface area contributed by atoms with E-state index in [4.69, 9.17) is 0 Å². The molecule has 1 fully saturated rings. The molecule has 3 rings (SSSR count). The van der Waals surface area contributed by atoms with E-state index in [9.17, 15) is 0 Å². The number of hydrogen-bond acceptors (Lipinski definition) is 5. The first-order valence-electron chi connectivity index (χ1n) is 9.62. The van der Waals surface area contributed by atoms with Gasteiger partial charge >= 0.3 is 0 Å². The van der Waals surface area contributed by atoms with Crippen LogP contribution in [0.3, 0.4) is 0 Å². The van der Waals surface area contributed by atoms with Gasteiger partial charge in [-0.25, -0.2) is 9.97 Å². The second-order valence-electron chi connectivity index (χ2n) is 6.98. The Morgan fingerprint density at radius 2 is 2.00 bits per heavy atom. The number of aryl methyl sites for hydroxylation is 1. The fourth-order valence-electron chi connectivity index (χ4n) is 3.36. The minimum atomic E-state index is 0.644. The molecule has 1 aliphatic heterocycles. The molecule has 0 bridgehead atoms. The van der Waals surface area contributed by atoms with Crippen molar-refractivity contribution in [3.8, 4) is 0 Å². The number of nitrogens with zero attached hydrogens (tertiary/aromatic N) is 7. The first-order valence-corrected chi connectivity index (χ1v) is 9.62. The van der Waals surface area contributed by atoms with E-state index >= 15 is 0 Å². The third kappa shape index (κ3) is 5.18. The first-order chi connectivity index (χ1) is 13.2. The first kappa shape index (κ1) is 19.1. The summed E-state index contributed by atoms with van der Waals surface area (Å²) in [6.07, 6.45) is 8.63. The number of nitrogens with one attached hydrogen (secondary N) is 1. The van der Waals surface area contributed by atoms with Gasteiger partial charge in [0.05, 0.1) is 6.54 Å². The third-order valence-corrected chi connectivity index (χ3v) is 4.95. The molecule has 0 amide bonds. The van der Waals surface area contributed by atoms with Gasteiger partial charge in [0, 0.05) is 47.0 Å². The van der Waals surface area contributed by atoms with E-state index in [1.54, 1.807) is 18.1 Å². The number of rotatable bonds is 5. The Bertz CT molecular complexity index is 746. The maximum atomic E-state index is 4.59. The summed E-state index contributed by atoms with van der Waals surface area (Å²) in [5, 5.41) is 7.55. The molecular weight excluding hydrogens is 340 g/mol. The van der Waals surface area contributed by atoms with Crippen molar-refractivity contribution in [2.24, 2.45) is 12.0 Å². The van der Waals surface area contributed by atoms with E-state index in [2.05, 4.69) is 42.4 Å². The molecule has 1 N–H and O–H groups in total. The number of pyridine rings is 1. The van der Waals surface area contributed by atoms with Crippen molar-refractivity contribution in [1.82, 2.24) is 30.0 Å². The predicted octanol–water partition coefficient (Wildman–Crippen LogP) is 1.80. The standard InChI is InChI=1S/C19H30N8/c1-20-19(25(2)14-18-23-15-24-26(18)3)22-13-16-8-9-21-17(12-16)27-10-6-4-5-7-11-27/h8-9,12,15H,4-7,10-11,13-14H2,1-3H3,(H,20,22). The van der Waals surface area contributed by atoms with Gasteiger partial charge in [0.15, 0.2) is 5.96 Å². The van der Waals surface area contributed by atoms with Crippen molar-refractivity contribution in [2.45, 2.75) is 38.8 Å². The van der Waals surface area contributed by atoms with Crippen molar-refractivity contribution in [3.63, 3.8) is 0 Å². The van der Waals surface area contributed by atoms with E-state index in [-0.39, 0.29) is 0 Å². The Kier molecular flexibility index (Phi) is 6.62. The van der Waals surface area contributed by atoms with Crippen molar-refractivity contribution in [3.05, 3.63) is 36.0 Å². The zero-order valence-corrected chi connectivity index (χ0v) is 16.6. The second-order valence-corrected chi connectivity index (χ2v) is 6.98. The molecule has 8 nitrogen and oxygen atoms in total. The van der Waals surface area contributed by atoms with Gasteiger partial charge < -0.3 is 15.1 Å². The van der Waals surface area contributed by atoms with Gasteiger partial charge in [0.2, 0.25) is 0 Å². The lowest BCUT2D eigenvalue weighted by Gasteiger charge is -2.23. The van der Waals surface area contributed by atoms with E-state index in [1.807, 2.05) is 25.2 Å². The molecule has 146 valence electrons. The smallest absolute Gasteiger partial charge is 0.194 e. The molecule has 2 aromatic heterocycles. The second kappa shape index (κ2) is 9.34. The molecule has 27 heavy (non-hydrogen) atoms. The van der Waals surface area contributed by atoms with Gasteiger partial charge in [0.25, 0.3) is 0 Å². The highest BCUT2D eigenvalue weighted by molar-refractivity contribution is 5.79. The lowest BCUT2D eigenvalue weighted by Crippen LogP contribution is -2.38. The number of hydrogen-bond donors (Lipinski definition) is 1. The quantitative estimate of drug-likeness (QED) is 0.639. The van der Waals surface area contributed by atoms with E-state index < -0.39 is 0 Å². The zero-order valence-electron chi connectivity index (χ0n) is 16.6. The highest BCUT2D eigenvalue weighted by atomic mass is 15.4. The maximum Gasteiger partial charge on any atom is 0.194 e. The van der Waals surface area contributed by atoms with E-state index in [0.717, 1.165) is 30.7 Å². The lowest BCUT2D eigenvalue weighted by molar-refractivity contribution is 0.448. The van der Waals surface area contributed by atoms with Crippen LogP contribution in [0.15, 0.2) is 29.6 Å². The molecule has 0 aromatic carbocycles. The van der Waals surface area contributed by atoms with E-state index in [1.165, 1.54) is 31.2 Å². The molecule has 0 spiro atoms. The zero-order chi connectivity index (χ0) is 19.1. The summed E-state index contributed by atoms with van der Waals surface area (Å²) in [7, 11) is 5.69. The fraction of sp³-hybridized carbons (Fsp3) is 0.579. The van der Waals surface area contributed by atoms with Crippen LogP contribution in [0, 0.1) is 0 Å². The van der Waals surface area contributed by atoms with Gasteiger partial charge in [0.1, 0.15) is 18.0 Å². The van der Waals surface area contributed by atoms with Crippen molar-refractivity contribution in [2.75, 3.05) is 32.1 Å². The molecule has 2 aromatic rings. The molecule has 1 aliphatic rings. The van der Waals surface area contributed by atoms with Crippen LogP contribution in [0.25, 0.3) is 0 Å². The number of anilines is 1. The average molecular weight is 371 g/mol. The van der Waals surface area contributed by atoms with Crippen LogP contribution in [0.2, 0.25) is 0 Å². The Hall–Kier alpha value is -2.64. The topological polar surface area (TPSA) is 74.5 Å². The summed E-state index contributed by atoms with van der Waals surface area (Å²) < 4.78 is 1.78. The molecular formula is C19H30N8. The third-order valence-electron chi connectivity index (χ3n) is 4.95. The highest BCUT2D eigenvalue weighted by Crippen LogP contribution is 2.18. The van der Waals surface area contributed by atoms with Gasteiger partial charge in [-0.2, -0.15) is 5.10 Å². The SMILES string of the molecule is CN=C(NCc1ccnc(N2CCCCCC2)c1)N(C)Cc1ncnn1C. The normalized spacial score (nSPS) is 15.5. The van der Waals surface area contributed by atoms with E-state index in [0.29, 0.717) is 13.1 Å². The highest BCUT2D eigenvalue weighted by Gasteiger charge is 2.13. The maximum absolute atomic E-state index is 4.59. The van der Waals surface area contributed by atoms with Crippen LogP contribution in [-0.4, -0.2) is 57.8 Å². The molecule has 1 saturated heterocycles.